The van der Waals surface area contributed by atoms with Gasteiger partial charge in [0.05, 0.1) is 0 Å². The molecule has 1 fully saturated rings. The van der Waals surface area contributed by atoms with Crippen LogP contribution in [0.1, 0.15) is 23.8 Å². The molecule has 0 unspecified atom stereocenters. The number of amides is 1. The van der Waals surface area contributed by atoms with E-state index >= 15 is 0 Å². The number of fused-ring (bicyclic) bond motifs is 1. The van der Waals surface area contributed by atoms with Crippen LogP contribution in [-0.4, -0.2) is 54.5 Å². The van der Waals surface area contributed by atoms with Crippen LogP contribution in [0.2, 0.25) is 0 Å². The molecule has 1 aromatic heterocycles. The maximum absolute atomic E-state index is 12.4. The van der Waals surface area contributed by atoms with Crippen molar-refractivity contribution in [1.29, 1.82) is 0 Å². The van der Waals surface area contributed by atoms with E-state index in [0.29, 0.717) is 18.4 Å². The highest BCUT2D eigenvalue weighted by Gasteiger charge is 2.23. The third kappa shape index (κ3) is 3.05. The normalized spacial score (nSPS) is 23.6. The van der Waals surface area contributed by atoms with E-state index in [1.54, 1.807) is 0 Å². The van der Waals surface area contributed by atoms with Crippen molar-refractivity contribution in [3.63, 3.8) is 0 Å². The van der Waals surface area contributed by atoms with E-state index in [9.17, 15) is 4.79 Å². The van der Waals surface area contributed by atoms with Gasteiger partial charge in [0, 0.05) is 56.6 Å². The molecule has 1 N–H and O–H groups in total. The van der Waals surface area contributed by atoms with Gasteiger partial charge in [-0.3, -0.25) is 9.69 Å². The highest BCUT2D eigenvalue weighted by molar-refractivity contribution is 7.10. The van der Waals surface area contributed by atoms with Gasteiger partial charge < -0.3 is 10.2 Å². The van der Waals surface area contributed by atoms with Crippen LogP contribution in [0, 0.1) is 0 Å². The zero-order chi connectivity index (χ0) is 13.9. The number of carbonyl (C=O) groups is 1. The quantitative estimate of drug-likeness (QED) is 0.913. The Morgan fingerprint density at radius 1 is 1.50 bits per heavy atom. The summed E-state index contributed by atoms with van der Waals surface area (Å²) in [6.07, 6.45) is 1.69. The zero-order valence-corrected chi connectivity index (χ0v) is 12.9. The topological polar surface area (TPSA) is 35.6 Å². The predicted octanol–water partition coefficient (Wildman–Crippen LogP) is 1.32. The molecule has 20 heavy (non-hydrogen) atoms. The molecule has 1 atom stereocenters. The lowest BCUT2D eigenvalue weighted by Crippen LogP contribution is -2.50. The molecule has 2 aliphatic rings. The molecule has 2 aliphatic heterocycles. The Morgan fingerprint density at radius 2 is 2.40 bits per heavy atom. The van der Waals surface area contributed by atoms with Crippen LogP contribution < -0.4 is 5.32 Å². The Bertz CT molecular complexity index is 473. The van der Waals surface area contributed by atoms with Crippen molar-refractivity contribution in [3.8, 4) is 0 Å². The maximum atomic E-state index is 12.4. The van der Waals surface area contributed by atoms with Crippen LogP contribution in [0.5, 0.6) is 0 Å². The number of rotatable bonds is 3. The van der Waals surface area contributed by atoms with Crippen molar-refractivity contribution in [3.05, 3.63) is 21.9 Å². The van der Waals surface area contributed by atoms with E-state index in [1.165, 1.54) is 10.4 Å². The lowest BCUT2D eigenvalue weighted by atomic mass is 10.1. The van der Waals surface area contributed by atoms with Gasteiger partial charge in [-0.25, -0.2) is 0 Å². The first-order valence-corrected chi connectivity index (χ1v) is 8.40. The summed E-state index contributed by atoms with van der Waals surface area (Å²) in [4.78, 5) is 18.3. The van der Waals surface area contributed by atoms with E-state index in [1.807, 2.05) is 16.2 Å². The van der Waals surface area contributed by atoms with Gasteiger partial charge in [0.2, 0.25) is 5.91 Å². The average molecular weight is 293 g/mol. The molecular weight excluding hydrogens is 270 g/mol. The second-order valence-corrected chi connectivity index (χ2v) is 6.77. The SMILES string of the molecule is C[C@@H]1CNCCN1CCC(=O)N1CCc2sccc2C1. The van der Waals surface area contributed by atoms with E-state index in [4.69, 9.17) is 0 Å². The molecule has 3 rings (SSSR count). The minimum absolute atomic E-state index is 0.313. The van der Waals surface area contributed by atoms with Crippen LogP contribution in [0.3, 0.4) is 0 Å². The summed E-state index contributed by atoms with van der Waals surface area (Å²) in [6.45, 7) is 7.97. The standard InChI is InChI=1S/C15H23N3OS/c1-12-10-16-5-8-17(12)7-3-15(19)18-6-2-14-13(11-18)4-9-20-14/h4,9,12,16H,2-3,5-8,10-11H2,1H3/t12-/m1/s1. The van der Waals surface area contributed by atoms with E-state index in [2.05, 4.69) is 28.6 Å². The molecule has 1 amide bonds. The Kier molecular flexibility index (Phi) is 4.38. The summed E-state index contributed by atoms with van der Waals surface area (Å²) in [5, 5.41) is 5.53. The molecule has 4 nitrogen and oxygen atoms in total. The van der Waals surface area contributed by atoms with Gasteiger partial charge in [0.1, 0.15) is 0 Å². The van der Waals surface area contributed by atoms with Crippen LogP contribution in [0.4, 0.5) is 0 Å². The van der Waals surface area contributed by atoms with Crippen LogP contribution in [0.25, 0.3) is 0 Å². The lowest BCUT2D eigenvalue weighted by molar-refractivity contribution is -0.132. The van der Waals surface area contributed by atoms with Gasteiger partial charge in [-0.05, 0) is 30.4 Å². The molecular formula is C15H23N3OS. The summed E-state index contributed by atoms with van der Waals surface area (Å²) < 4.78 is 0. The second kappa shape index (κ2) is 6.24. The number of hydrogen-bond acceptors (Lipinski definition) is 4. The second-order valence-electron chi connectivity index (χ2n) is 5.77. The van der Waals surface area contributed by atoms with E-state index < -0.39 is 0 Å². The molecule has 0 aromatic carbocycles. The summed E-state index contributed by atoms with van der Waals surface area (Å²) in [5.41, 5.74) is 1.35. The Balaban J connectivity index is 1.50. The summed E-state index contributed by atoms with van der Waals surface area (Å²) >= 11 is 1.82. The van der Waals surface area contributed by atoms with Gasteiger partial charge in [0.25, 0.3) is 0 Å². The fraction of sp³-hybridized carbons (Fsp3) is 0.667. The van der Waals surface area contributed by atoms with Crippen molar-refractivity contribution >= 4 is 17.2 Å². The van der Waals surface area contributed by atoms with E-state index in [-0.39, 0.29) is 0 Å². The Morgan fingerprint density at radius 3 is 3.25 bits per heavy atom. The molecule has 0 radical (unpaired) electrons. The number of hydrogen-bond donors (Lipinski definition) is 1. The molecule has 3 heterocycles. The first kappa shape index (κ1) is 14.0. The molecule has 0 aliphatic carbocycles. The highest BCUT2D eigenvalue weighted by Crippen LogP contribution is 2.24. The van der Waals surface area contributed by atoms with Crippen molar-refractivity contribution in [1.82, 2.24) is 15.1 Å². The fourth-order valence-electron chi connectivity index (χ4n) is 3.07. The predicted molar refractivity (Wildman–Crippen MR) is 82.0 cm³/mol. The number of carbonyl (C=O) groups excluding carboxylic acids is 1. The highest BCUT2D eigenvalue weighted by atomic mass is 32.1. The van der Waals surface area contributed by atoms with Gasteiger partial charge in [-0.1, -0.05) is 0 Å². The van der Waals surface area contributed by atoms with Gasteiger partial charge >= 0.3 is 0 Å². The third-order valence-corrected chi connectivity index (χ3v) is 5.44. The first-order chi connectivity index (χ1) is 9.74. The molecule has 0 saturated carbocycles. The van der Waals surface area contributed by atoms with Gasteiger partial charge in [-0.2, -0.15) is 0 Å². The monoisotopic (exact) mass is 293 g/mol. The van der Waals surface area contributed by atoms with Crippen molar-refractivity contribution < 1.29 is 4.79 Å². The summed E-state index contributed by atoms with van der Waals surface area (Å²) in [6, 6.07) is 2.71. The zero-order valence-electron chi connectivity index (χ0n) is 12.1. The largest absolute Gasteiger partial charge is 0.338 e. The van der Waals surface area contributed by atoms with Crippen LogP contribution >= 0.6 is 11.3 Å². The lowest BCUT2D eigenvalue weighted by Gasteiger charge is -2.34. The number of nitrogens with one attached hydrogen (secondary N) is 1. The molecule has 0 spiro atoms. The minimum atomic E-state index is 0.313. The third-order valence-electron chi connectivity index (χ3n) is 4.41. The first-order valence-electron chi connectivity index (χ1n) is 7.52. The maximum Gasteiger partial charge on any atom is 0.224 e. The van der Waals surface area contributed by atoms with Crippen LogP contribution in [-0.2, 0) is 17.8 Å². The van der Waals surface area contributed by atoms with Gasteiger partial charge in [-0.15, -0.1) is 11.3 Å². The Hall–Kier alpha value is -0.910. The molecule has 0 bridgehead atoms. The number of piperazine rings is 1. The van der Waals surface area contributed by atoms with Crippen molar-refractivity contribution in [2.75, 3.05) is 32.7 Å². The van der Waals surface area contributed by atoms with E-state index in [0.717, 1.165) is 45.7 Å². The van der Waals surface area contributed by atoms with Gasteiger partial charge in [0.15, 0.2) is 0 Å². The molecule has 110 valence electrons. The Labute approximate surface area is 124 Å². The van der Waals surface area contributed by atoms with Crippen molar-refractivity contribution in [2.45, 2.75) is 32.4 Å². The molecule has 5 heteroatoms. The van der Waals surface area contributed by atoms with Crippen molar-refractivity contribution in [2.24, 2.45) is 0 Å². The average Bonchev–Trinajstić information content (AvgIpc) is 2.93. The minimum Gasteiger partial charge on any atom is -0.338 e. The molecule has 1 saturated heterocycles. The molecule has 1 aromatic rings. The number of nitrogens with zero attached hydrogens (tertiary/aromatic N) is 2. The number of thiophene rings is 1. The summed E-state index contributed by atoms with van der Waals surface area (Å²) in [5.74, 6) is 0.313. The summed E-state index contributed by atoms with van der Waals surface area (Å²) in [7, 11) is 0. The van der Waals surface area contributed by atoms with Crippen LogP contribution in [0.15, 0.2) is 11.4 Å². The fourth-order valence-corrected chi connectivity index (χ4v) is 3.96. The smallest absolute Gasteiger partial charge is 0.224 e.